The third-order valence-corrected chi connectivity index (χ3v) is 2.21. The first kappa shape index (κ1) is 9.89. The van der Waals surface area contributed by atoms with Crippen LogP contribution in [0.25, 0.3) is 0 Å². The summed E-state index contributed by atoms with van der Waals surface area (Å²) in [5, 5.41) is 8.50. The summed E-state index contributed by atoms with van der Waals surface area (Å²) in [6, 6.07) is 2.31. The number of hydrogen-bond donors (Lipinski definition) is 0. The number of aryl methyl sites for hydroxylation is 1. The quantitative estimate of drug-likeness (QED) is 0.761. The zero-order valence-corrected chi connectivity index (χ0v) is 9.25. The summed E-state index contributed by atoms with van der Waals surface area (Å²) in [5.41, 5.74) is 1.02. The summed E-state index contributed by atoms with van der Waals surface area (Å²) in [5.74, 6) is 0.938. The predicted molar refractivity (Wildman–Crippen MR) is 56.5 cm³/mol. The van der Waals surface area contributed by atoms with Gasteiger partial charge in [-0.1, -0.05) is 0 Å². The van der Waals surface area contributed by atoms with Gasteiger partial charge in [0.15, 0.2) is 0 Å². The fourth-order valence-corrected chi connectivity index (χ4v) is 1.51. The topological polar surface area (TPSA) is 48.5 Å². The zero-order valence-electron chi connectivity index (χ0n) is 9.25. The number of aromatic nitrogens is 5. The van der Waals surface area contributed by atoms with E-state index in [1.807, 2.05) is 28.6 Å². The molecule has 0 N–H and O–H groups in total. The average Bonchev–Trinajstić information content (AvgIpc) is 2.75. The number of nitrogens with zero attached hydrogens (tertiary/aromatic N) is 5. The molecule has 2 rings (SSSR count). The molecule has 80 valence electrons. The first-order valence-electron chi connectivity index (χ1n) is 5.05. The van der Waals surface area contributed by atoms with Gasteiger partial charge >= 0.3 is 0 Å². The molecule has 0 atom stereocenters. The maximum atomic E-state index is 4.32. The molecule has 0 aliphatic heterocycles. The zero-order chi connectivity index (χ0) is 10.8. The molecule has 0 amide bonds. The molecule has 0 aliphatic rings. The van der Waals surface area contributed by atoms with Crippen LogP contribution in [-0.2, 0) is 6.54 Å². The summed E-state index contributed by atoms with van der Waals surface area (Å²) >= 11 is 0. The van der Waals surface area contributed by atoms with Gasteiger partial charge in [-0.3, -0.25) is 4.68 Å². The maximum absolute atomic E-state index is 4.32. The SMILES string of the molecule is Cc1ccn(Cc2ncnn2C(C)C)n1. The average molecular weight is 205 g/mol. The highest BCUT2D eigenvalue weighted by Gasteiger charge is 2.08. The molecule has 5 nitrogen and oxygen atoms in total. The Morgan fingerprint density at radius 2 is 2.20 bits per heavy atom. The van der Waals surface area contributed by atoms with Crippen LogP contribution in [-0.4, -0.2) is 24.5 Å². The molecule has 2 heterocycles. The molecule has 0 aliphatic carbocycles. The largest absolute Gasteiger partial charge is 0.265 e. The predicted octanol–water partition coefficient (Wildman–Crippen LogP) is 1.41. The first-order valence-corrected chi connectivity index (χ1v) is 5.05. The molecular weight excluding hydrogens is 190 g/mol. The molecule has 0 radical (unpaired) electrons. The van der Waals surface area contributed by atoms with E-state index in [4.69, 9.17) is 0 Å². The highest BCUT2D eigenvalue weighted by Crippen LogP contribution is 2.06. The van der Waals surface area contributed by atoms with E-state index < -0.39 is 0 Å². The van der Waals surface area contributed by atoms with Gasteiger partial charge < -0.3 is 0 Å². The monoisotopic (exact) mass is 205 g/mol. The molecule has 5 heteroatoms. The smallest absolute Gasteiger partial charge is 0.148 e. The van der Waals surface area contributed by atoms with Crippen molar-refractivity contribution in [2.24, 2.45) is 0 Å². The second-order valence-electron chi connectivity index (χ2n) is 3.87. The Morgan fingerprint density at radius 1 is 1.40 bits per heavy atom. The summed E-state index contributed by atoms with van der Waals surface area (Å²) < 4.78 is 3.79. The van der Waals surface area contributed by atoms with Crippen molar-refractivity contribution in [2.45, 2.75) is 33.4 Å². The molecule has 0 spiro atoms. The molecule has 2 aromatic rings. The van der Waals surface area contributed by atoms with E-state index in [1.165, 1.54) is 0 Å². The van der Waals surface area contributed by atoms with Gasteiger partial charge in [0.05, 0.1) is 5.69 Å². The van der Waals surface area contributed by atoms with E-state index in [-0.39, 0.29) is 0 Å². The summed E-state index contributed by atoms with van der Waals surface area (Å²) in [6.45, 7) is 6.83. The third kappa shape index (κ3) is 2.06. The van der Waals surface area contributed by atoms with Gasteiger partial charge in [0.25, 0.3) is 0 Å². The maximum Gasteiger partial charge on any atom is 0.148 e. The Labute approximate surface area is 88.7 Å². The van der Waals surface area contributed by atoms with Crippen LogP contribution in [0.2, 0.25) is 0 Å². The van der Waals surface area contributed by atoms with Crippen LogP contribution in [0.4, 0.5) is 0 Å². The molecular formula is C10H15N5. The van der Waals surface area contributed by atoms with Crippen molar-refractivity contribution in [3.63, 3.8) is 0 Å². The normalized spacial score (nSPS) is 11.2. The minimum absolute atomic E-state index is 0.333. The van der Waals surface area contributed by atoms with Crippen molar-refractivity contribution in [3.8, 4) is 0 Å². The minimum atomic E-state index is 0.333. The van der Waals surface area contributed by atoms with Gasteiger partial charge in [-0.2, -0.15) is 10.2 Å². The summed E-state index contributed by atoms with van der Waals surface area (Å²) in [6.07, 6.45) is 3.54. The molecule has 0 saturated heterocycles. The van der Waals surface area contributed by atoms with Gasteiger partial charge in [0, 0.05) is 12.2 Å². The van der Waals surface area contributed by atoms with Crippen molar-refractivity contribution in [1.29, 1.82) is 0 Å². The van der Waals surface area contributed by atoms with Crippen molar-refractivity contribution >= 4 is 0 Å². The highest BCUT2D eigenvalue weighted by molar-refractivity contribution is 4.97. The van der Waals surface area contributed by atoms with Gasteiger partial charge in [0.2, 0.25) is 0 Å². The van der Waals surface area contributed by atoms with Gasteiger partial charge in [-0.05, 0) is 26.8 Å². The van der Waals surface area contributed by atoms with E-state index in [0.717, 1.165) is 11.5 Å². The fraction of sp³-hybridized carbons (Fsp3) is 0.500. The molecule has 15 heavy (non-hydrogen) atoms. The number of rotatable bonds is 3. The van der Waals surface area contributed by atoms with Crippen LogP contribution >= 0.6 is 0 Å². The lowest BCUT2D eigenvalue weighted by atomic mass is 10.4. The van der Waals surface area contributed by atoms with Crippen LogP contribution < -0.4 is 0 Å². The molecule has 2 aromatic heterocycles. The van der Waals surface area contributed by atoms with Gasteiger partial charge in [-0.25, -0.2) is 9.67 Å². The van der Waals surface area contributed by atoms with Crippen molar-refractivity contribution in [2.75, 3.05) is 0 Å². The second-order valence-corrected chi connectivity index (χ2v) is 3.87. The fourth-order valence-electron chi connectivity index (χ4n) is 1.51. The standard InChI is InChI=1S/C10H15N5/c1-8(2)15-10(11-7-12-15)6-14-5-4-9(3)13-14/h4-5,7-8H,6H2,1-3H3. The lowest BCUT2D eigenvalue weighted by Gasteiger charge is -2.08. The highest BCUT2D eigenvalue weighted by atomic mass is 15.4. The van der Waals surface area contributed by atoms with E-state index in [2.05, 4.69) is 29.0 Å². The van der Waals surface area contributed by atoms with Crippen LogP contribution in [0, 0.1) is 6.92 Å². The van der Waals surface area contributed by atoms with Crippen molar-refractivity contribution < 1.29 is 0 Å². The van der Waals surface area contributed by atoms with E-state index in [9.17, 15) is 0 Å². The third-order valence-electron chi connectivity index (χ3n) is 2.21. The molecule has 0 saturated carbocycles. The summed E-state index contributed by atoms with van der Waals surface area (Å²) in [4.78, 5) is 4.23. The molecule has 0 aromatic carbocycles. The van der Waals surface area contributed by atoms with Crippen molar-refractivity contribution in [1.82, 2.24) is 24.5 Å². The van der Waals surface area contributed by atoms with E-state index in [1.54, 1.807) is 6.33 Å². The molecule has 0 unspecified atom stereocenters. The Morgan fingerprint density at radius 3 is 2.80 bits per heavy atom. The minimum Gasteiger partial charge on any atom is -0.265 e. The lowest BCUT2D eigenvalue weighted by Crippen LogP contribution is -2.12. The van der Waals surface area contributed by atoms with Gasteiger partial charge in [-0.15, -0.1) is 0 Å². The van der Waals surface area contributed by atoms with E-state index in [0.29, 0.717) is 12.6 Å². The van der Waals surface area contributed by atoms with E-state index >= 15 is 0 Å². The molecule has 0 fully saturated rings. The first-order chi connectivity index (χ1) is 7.16. The van der Waals surface area contributed by atoms with Crippen LogP contribution in [0.15, 0.2) is 18.6 Å². The molecule has 0 bridgehead atoms. The Hall–Kier alpha value is -1.65. The van der Waals surface area contributed by atoms with Crippen LogP contribution in [0.1, 0.15) is 31.4 Å². The Kier molecular flexibility index (Phi) is 2.53. The van der Waals surface area contributed by atoms with Crippen molar-refractivity contribution in [3.05, 3.63) is 30.1 Å². The Bertz CT molecular complexity index is 440. The summed E-state index contributed by atoms with van der Waals surface area (Å²) in [7, 11) is 0. The van der Waals surface area contributed by atoms with Crippen LogP contribution in [0.5, 0.6) is 0 Å². The van der Waals surface area contributed by atoms with Crippen LogP contribution in [0.3, 0.4) is 0 Å². The number of hydrogen-bond acceptors (Lipinski definition) is 3. The Balaban J connectivity index is 2.20. The second kappa shape index (κ2) is 3.84. The lowest BCUT2D eigenvalue weighted by molar-refractivity contribution is 0.487. The van der Waals surface area contributed by atoms with Gasteiger partial charge in [0.1, 0.15) is 18.7 Å².